The molecule has 1 N–H and O–H groups in total. The molecule has 1 amide bonds. The van der Waals surface area contributed by atoms with Crippen molar-refractivity contribution in [2.24, 2.45) is 0 Å². The van der Waals surface area contributed by atoms with Crippen LogP contribution in [0.5, 0.6) is 5.75 Å². The molecule has 0 saturated carbocycles. The summed E-state index contributed by atoms with van der Waals surface area (Å²) in [4.78, 5) is 14.5. The predicted octanol–water partition coefficient (Wildman–Crippen LogP) is 4.13. The van der Waals surface area contributed by atoms with Crippen LogP contribution in [0, 0.1) is 5.82 Å². The van der Waals surface area contributed by atoms with E-state index in [1.165, 1.54) is 6.07 Å². The van der Waals surface area contributed by atoms with Crippen LogP contribution in [-0.2, 0) is 0 Å². The molecule has 0 aliphatic heterocycles. The summed E-state index contributed by atoms with van der Waals surface area (Å²) >= 11 is 0. The number of furan rings is 1. The first kappa shape index (κ1) is 19.6. The molecular weight excluding hydrogens is 359 g/mol. The second-order valence-electron chi connectivity index (χ2n) is 6.61. The van der Waals surface area contributed by atoms with Crippen molar-refractivity contribution in [3.05, 3.63) is 77.8 Å². The minimum Gasteiger partial charge on any atom is -0.497 e. The summed E-state index contributed by atoms with van der Waals surface area (Å²) in [6.07, 6.45) is 0. The van der Waals surface area contributed by atoms with Gasteiger partial charge in [-0.15, -0.1) is 0 Å². The third kappa shape index (κ3) is 4.40. The molecule has 0 unspecified atom stereocenters. The van der Waals surface area contributed by atoms with E-state index < -0.39 is 5.82 Å². The first-order chi connectivity index (χ1) is 13.5. The van der Waals surface area contributed by atoms with E-state index >= 15 is 0 Å². The van der Waals surface area contributed by atoms with Gasteiger partial charge in [-0.05, 0) is 56.1 Å². The molecule has 0 aliphatic carbocycles. The highest BCUT2D eigenvalue weighted by atomic mass is 19.1. The zero-order chi connectivity index (χ0) is 20.1. The summed E-state index contributed by atoms with van der Waals surface area (Å²) in [6.45, 7) is 0.397. The van der Waals surface area contributed by atoms with Crippen molar-refractivity contribution in [3.63, 3.8) is 0 Å². The number of likely N-dealkylation sites (N-methyl/N-ethyl adjacent to an activating group) is 1. The molecule has 0 spiro atoms. The third-order valence-electron chi connectivity index (χ3n) is 4.55. The molecule has 0 bridgehead atoms. The molecule has 3 rings (SSSR count). The Morgan fingerprint density at radius 1 is 1.11 bits per heavy atom. The maximum absolute atomic E-state index is 13.9. The van der Waals surface area contributed by atoms with Gasteiger partial charge in [0.15, 0.2) is 5.76 Å². The number of halogens is 1. The van der Waals surface area contributed by atoms with Crippen molar-refractivity contribution in [1.82, 2.24) is 10.2 Å². The van der Waals surface area contributed by atoms with Gasteiger partial charge in [-0.3, -0.25) is 4.79 Å². The topological polar surface area (TPSA) is 54.7 Å². The van der Waals surface area contributed by atoms with Crippen LogP contribution in [0.4, 0.5) is 4.39 Å². The summed E-state index contributed by atoms with van der Waals surface area (Å²) in [7, 11) is 5.52. The van der Waals surface area contributed by atoms with Crippen molar-refractivity contribution in [1.29, 1.82) is 0 Å². The second-order valence-corrected chi connectivity index (χ2v) is 6.61. The lowest BCUT2D eigenvalue weighted by molar-refractivity contribution is 0.0915. The Morgan fingerprint density at radius 2 is 1.82 bits per heavy atom. The van der Waals surface area contributed by atoms with E-state index in [1.54, 1.807) is 37.4 Å². The fourth-order valence-corrected chi connectivity index (χ4v) is 2.97. The molecule has 0 radical (unpaired) electrons. The summed E-state index contributed by atoms with van der Waals surface area (Å²) in [6, 6.07) is 17.1. The van der Waals surface area contributed by atoms with Gasteiger partial charge in [-0.1, -0.05) is 24.3 Å². The van der Waals surface area contributed by atoms with E-state index in [1.807, 2.05) is 43.3 Å². The lowest BCUT2D eigenvalue weighted by atomic mass is 10.1. The SMILES string of the molecule is COc1ccc([C@H](CNC(=O)c2ccc(-c3ccccc3F)o2)N(C)C)cc1. The number of carbonyl (C=O) groups is 1. The van der Waals surface area contributed by atoms with Crippen LogP contribution in [0.25, 0.3) is 11.3 Å². The zero-order valence-corrected chi connectivity index (χ0v) is 16.1. The van der Waals surface area contributed by atoms with Crippen molar-refractivity contribution in [3.8, 4) is 17.1 Å². The summed E-state index contributed by atoms with van der Waals surface area (Å²) in [5.74, 6) is 0.508. The normalized spacial score (nSPS) is 12.0. The molecule has 28 heavy (non-hydrogen) atoms. The lowest BCUT2D eigenvalue weighted by Crippen LogP contribution is -2.34. The van der Waals surface area contributed by atoms with Crippen LogP contribution in [0.2, 0.25) is 0 Å². The quantitative estimate of drug-likeness (QED) is 0.668. The Balaban J connectivity index is 1.69. The summed E-state index contributed by atoms with van der Waals surface area (Å²) in [5, 5.41) is 2.89. The molecule has 2 aromatic carbocycles. The third-order valence-corrected chi connectivity index (χ3v) is 4.55. The van der Waals surface area contributed by atoms with Crippen molar-refractivity contribution in [2.45, 2.75) is 6.04 Å². The van der Waals surface area contributed by atoms with Gasteiger partial charge in [0, 0.05) is 6.54 Å². The Kier molecular flexibility index (Phi) is 6.11. The predicted molar refractivity (Wildman–Crippen MR) is 106 cm³/mol. The highest BCUT2D eigenvalue weighted by molar-refractivity contribution is 5.92. The number of methoxy groups -OCH3 is 1. The number of rotatable bonds is 7. The van der Waals surface area contributed by atoms with Gasteiger partial charge in [-0.25, -0.2) is 4.39 Å². The van der Waals surface area contributed by atoms with Crippen LogP contribution in [0.1, 0.15) is 22.2 Å². The molecule has 1 heterocycles. The smallest absolute Gasteiger partial charge is 0.287 e. The minimum absolute atomic E-state index is 0.0177. The fourth-order valence-electron chi connectivity index (χ4n) is 2.97. The number of amides is 1. The molecule has 3 aromatic rings. The zero-order valence-electron chi connectivity index (χ0n) is 16.1. The van der Waals surface area contributed by atoms with Crippen molar-refractivity contribution in [2.75, 3.05) is 27.7 Å². The number of benzene rings is 2. The Hall–Kier alpha value is -3.12. The maximum atomic E-state index is 13.9. The van der Waals surface area contributed by atoms with Crippen molar-refractivity contribution >= 4 is 5.91 Å². The highest BCUT2D eigenvalue weighted by Crippen LogP contribution is 2.25. The van der Waals surface area contributed by atoms with Crippen LogP contribution < -0.4 is 10.1 Å². The van der Waals surface area contributed by atoms with Gasteiger partial charge in [0.1, 0.15) is 17.3 Å². The molecule has 0 aliphatic rings. The van der Waals surface area contributed by atoms with E-state index in [0.29, 0.717) is 17.9 Å². The van der Waals surface area contributed by atoms with E-state index in [-0.39, 0.29) is 17.7 Å². The average Bonchev–Trinajstić information content (AvgIpc) is 3.18. The Morgan fingerprint density at radius 3 is 2.46 bits per heavy atom. The number of nitrogens with zero attached hydrogens (tertiary/aromatic N) is 1. The van der Waals surface area contributed by atoms with E-state index in [0.717, 1.165) is 11.3 Å². The largest absolute Gasteiger partial charge is 0.497 e. The molecule has 6 heteroatoms. The molecular formula is C22H23FN2O3. The average molecular weight is 382 g/mol. The van der Waals surface area contributed by atoms with E-state index in [2.05, 4.69) is 5.32 Å². The van der Waals surface area contributed by atoms with Gasteiger partial charge in [0.2, 0.25) is 0 Å². The van der Waals surface area contributed by atoms with E-state index in [9.17, 15) is 9.18 Å². The maximum Gasteiger partial charge on any atom is 0.287 e. The minimum atomic E-state index is -0.393. The van der Waals surface area contributed by atoms with E-state index in [4.69, 9.17) is 9.15 Å². The standard InChI is InChI=1S/C22H23FN2O3/c1-25(2)19(15-8-10-16(27-3)11-9-15)14-24-22(26)21-13-12-20(28-21)17-6-4-5-7-18(17)23/h4-13,19H,14H2,1-3H3,(H,24,26)/t19-/m0/s1. The molecule has 1 aromatic heterocycles. The molecule has 1 atom stereocenters. The fraction of sp³-hybridized carbons (Fsp3) is 0.227. The van der Waals surface area contributed by atoms with Gasteiger partial charge >= 0.3 is 0 Å². The van der Waals surface area contributed by atoms with Gasteiger partial charge < -0.3 is 19.4 Å². The molecule has 5 nitrogen and oxygen atoms in total. The number of carbonyl (C=O) groups excluding carboxylic acids is 1. The monoisotopic (exact) mass is 382 g/mol. The van der Waals surface area contributed by atoms with Gasteiger partial charge in [0.25, 0.3) is 5.91 Å². The molecule has 0 saturated heterocycles. The number of hydrogen-bond acceptors (Lipinski definition) is 4. The van der Waals surface area contributed by atoms with Crippen LogP contribution in [0.3, 0.4) is 0 Å². The van der Waals surface area contributed by atoms with Crippen molar-refractivity contribution < 1.29 is 18.3 Å². The lowest BCUT2D eigenvalue weighted by Gasteiger charge is -2.25. The Bertz CT molecular complexity index is 935. The van der Waals surface area contributed by atoms with Gasteiger partial charge in [-0.2, -0.15) is 0 Å². The number of ether oxygens (including phenoxy) is 1. The summed E-state index contributed by atoms with van der Waals surface area (Å²) < 4.78 is 24.6. The molecule has 0 fully saturated rings. The van der Waals surface area contributed by atoms with Crippen LogP contribution in [-0.4, -0.2) is 38.6 Å². The molecule has 146 valence electrons. The first-order valence-corrected chi connectivity index (χ1v) is 8.93. The van der Waals surface area contributed by atoms with Gasteiger partial charge in [0.05, 0.1) is 18.7 Å². The Labute approximate surface area is 163 Å². The number of hydrogen-bond donors (Lipinski definition) is 1. The summed E-state index contributed by atoms with van der Waals surface area (Å²) in [5.41, 5.74) is 1.38. The van der Waals surface area contributed by atoms with Crippen LogP contribution in [0.15, 0.2) is 65.1 Å². The highest BCUT2D eigenvalue weighted by Gasteiger charge is 2.18. The first-order valence-electron chi connectivity index (χ1n) is 8.93. The van der Waals surface area contributed by atoms with Crippen LogP contribution >= 0.6 is 0 Å². The number of nitrogens with one attached hydrogen (secondary N) is 1. The second kappa shape index (κ2) is 8.71.